The standard InChI is InChI=1S/C33H32Cl2N4O3S/c34-26-16-17-29(30(35)19-26)31-21-38(27-10-5-11-28(20-27)39-22-33(40)37-43(39,41)42)32(36-31)18-25-14-12-24(13-15-25)9-4-8-23-6-2-1-3-7-23/h4-5,9-17,19-21,23H,1-3,6-8,18,22H2,(H,37,40)/b9-4+. The van der Waals surface area contributed by atoms with Gasteiger partial charge in [-0.15, -0.1) is 0 Å². The number of anilines is 1. The number of allylic oxidation sites excluding steroid dienone is 1. The first-order chi connectivity index (χ1) is 20.7. The molecule has 0 spiro atoms. The molecule has 2 fully saturated rings. The molecule has 1 N–H and O–H groups in total. The van der Waals surface area contributed by atoms with Gasteiger partial charge < -0.3 is 4.57 Å². The van der Waals surface area contributed by atoms with Gasteiger partial charge in [-0.1, -0.05) is 97.8 Å². The largest absolute Gasteiger partial charge is 0.326 e. The van der Waals surface area contributed by atoms with Crippen molar-refractivity contribution in [2.75, 3.05) is 10.8 Å². The maximum atomic E-state index is 12.5. The van der Waals surface area contributed by atoms with E-state index in [2.05, 4.69) is 36.4 Å². The first kappa shape index (κ1) is 29.5. The lowest BCUT2D eigenvalue weighted by atomic mass is 9.87. The summed E-state index contributed by atoms with van der Waals surface area (Å²) < 4.78 is 30.0. The minimum atomic E-state index is -3.94. The van der Waals surface area contributed by atoms with E-state index >= 15 is 0 Å². The average molecular weight is 636 g/mol. The van der Waals surface area contributed by atoms with Gasteiger partial charge in [-0.3, -0.25) is 4.79 Å². The smallest absolute Gasteiger partial charge is 0.303 e. The molecule has 10 heteroatoms. The summed E-state index contributed by atoms with van der Waals surface area (Å²) in [5.41, 5.74) is 4.73. The topological polar surface area (TPSA) is 84.3 Å². The number of carbonyl (C=O) groups is 1. The second kappa shape index (κ2) is 12.6. The van der Waals surface area contributed by atoms with Gasteiger partial charge >= 0.3 is 10.2 Å². The van der Waals surface area contributed by atoms with Gasteiger partial charge in [-0.05, 0) is 59.9 Å². The van der Waals surface area contributed by atoms with Crippen LogP contribution in [0.5, 0.6) is 0 Å². The summed E-state index contributed by atoms with van der Waals surface area (Å²) >= 11 is 12.7. The van der Waals surface area contributed by atoms with Gasteiger partial charge in [0, 0.05) is 28.9 Å². The number of hydrogen-bond acceptors (Lipinski definition) is 4. The minimum Gasteiger partial charge on any atom is -0.303 e. The summed E-state index contributed by atoms with van der Waals surface area (Å²) in [4.78, 5) is 16.8. The Morgan fingerprint density at radius 1 is 0.953 bits per heavy atom. The zero-order valence-electron chi connectivity index (χ0n) is 23.5. The Balaban J connectivity index is 1.30. The number of nitrogens with zero attached hydrogens (tertiary/aromatic N) is 3. The zero-order chi connectivity index (χ0) is 30.0. The number of hydrogen-bond donors (Lipinski definition) is 1. The molecule has 0 radical (unpaired) electrons. The Kier molecular flexibility index (Phi) is 8.61. The quantitative estimate of drug-likeness (QED) is 0.216. The van der Waals surface area contributed by atoms with Gasteiger partial charge in [0.1, 0.15) is 12.4 Å². The SMILES string of the molecule is O=C1CN(c2cccc(-n3cc(-c4ccc(Cl)cc4Cl)nc3Cc3ccc(/C=C/CC4CCCCC4)cc3)c2)S(=O)(=O)N1. The zero-order valence-corrected chi connectivity index (χ0v) is 25.9. The molecule has 1 aromatic heterocycles. The number of nitrogens with one attached hydrogen (secondary N) is 1. The van der Waals surface area contributed by atoms with Crippen molar-refractivity contribution < 1.29 is 13.2 Å². The number of rotatable bonds is 8. The summed E-state index contributed by atoms with van der Waals surface area (Å²) in [6.07, 6.45) is 14.8. The molecule has 0 atom stereocenters. The van der Waals surface area contributed by atoms with Crippen LogP contribution in [-0.2, 0) is 21.4 Å². The maximum absolute atomic E-state index is 12.5. The Hall–Kier alpha value is -3.59. The fourth-order valence-electron chi connectivity index (χ4n) is 5.82. The van der Waals surface area contributed by atoms with Crippen molar-refractivity contribution in [1.82, 2.24) is 14.3 Å². The Morgan fingerprint density at radius 3 is 2.44 bits per heavy atom. The third kappa shape index (κ3) is 6.82. The van der Waals surface area contributed by atoms with Crippen LogP contribution in [-0.4, -0.2) is 30.4 Å². The van der Waals surface area contributed by atoms with E-state index in [0.717, 1.165) is 33.6 Å². The van der Waals surface area contributed by atoms with E-state index in [4.69, 9.17) is 28.2 Å². The summed E-state index contributed by atoms with van der Waals surface area (Å²) in [6.45, 7) is -0.268. The molecule has 43 heavy (non-hydrogen) atoms. The number of carbonyl (C=O) groups excluding carboxylic acids is 1. The lowest BCUT2D eigenvalue weighted by Gasteiger charge is -2.19. The van der Waals surface area contributed by atoms with E-state index in [-0.39, 0.29) is 6.54 Å². The van der Waals surface area contributed by atoms with Crippen LogP contribution in [0.15, 0.2) is 79.0 Å². The highest BCUT2D eigenvalue weighted by atomic mass is 35.5. The van der Waals surface area contributed by atoms with Gasteiger partial charge in [-0.25, -0.2) is 14.0 Å². The molecule has 2 aliphatic rings. The van der Waals surface area contributed by atoms with Gasteiger partial charge in [0.05, 0.1) is 16.4 Å². The molecule has 1 saturated heterocycles. The lowest BCUT2D eigenvalue weighted by Crippen LogP contribution is -2.29. The number of benzene rings is 3. The minimum absolute atomic E-state index is 0.268. The molecule has 6 rings (SSSR count). The molecule has 1 saturated carbocycles. The van der Waals surface area contributed by atoms with Crippen LogP contribution >= 0.6 is 23.2 Å². The van der Waals surface area contributed by atoms with Crippen molar-refractivity contribution in [1.29, 1.82) is 0 Å². The first-order valence-corrected chi connectivity index (χ1v) is 16.7. The molecule has 4 aromatic rings. The molecule has 1 aliphatic heterocycles. The summed E-state index contributed by atoms with van der Waals surface area (Å²) in [5, 5.41) is 1.01. The fraction of sp³-hybridized carbons (Fsp3) is 0.273. The number of amides is 1. The molecule has 3 aromatic carbocycles. The summed E-state index contributed by atoms with van der Waals surface area (Å²) in [5.74, 6) is 0.991. The van der Waals surface area contributed by atoms with Crippen LogP contribution in [0.1, 0.15) is 55.5 Å². The van der Waals surface area contributed by atoms with E-state index in [9.17, 15) is 13.2 Å². The normalized spacial score (nSPS) is 17.1. The van der Waals surface area contributed by atoms with E-state index in [1.807, 2.05) is 27.6 Å². The van der Waals surface area contributed by atoms with Crippen LogP contribution in [0.2, 0.25) is 10.0 Å². The molecule has 0 bridgehead atoms. The van der Waals surface area contributed by atoms with E-state index in [0.29, 0.717) is 33.5 Å². The van der Waals surface area contributed by atoms with Gasteiger partial charge in [0.15, 0.2) is 0 Å². The monoisotopic (exact) mass is 634 g/mol. The number of aromatic nitrogens is 2. The maximum Gasteiger partial charge on any atom is 0.326 e. The van der Waals surface area contributed by atoms with Crippen LogP contribution < -0.4 is 9.03 Å². The first-order valence-electron chi connectivity index (χ1n) is 14.5. The van der Waals surface area contributed by atoms with E-state index in [1.54, 1.807) is 30.3 Å². The van der Waals surface area contributed by atoms with Crippen molar-refractivity contribution >= 4 is 51.1 Å². The second-order valence-electron chi connectivity index (χ2n) is 11.2. The van der Waals surface area contributed by atoms with Crippen LogP contribution in [0.3, 0.4) is 0 Å². The Bertz CT molecular complexity index is 1780. The third-order valence-electron chi connectivity index (χ3n) is 8.05. The van der Waals surface area contributed by atoms with Crippen molar-refractivity contribution in [3.8, 4) is 16.9 Å². The highest BCUT2D eigenvalue weighted by molar-refractivity contribution is 7.92. The highest BCUT2D eigenvalue weighted by Crippen LogP contribution is 2.32. The predicted octanol–water partition coefficient (Wildman–Crippen LogP) is 7.60. The molecular weight excluding hydrogens is 603 g/mol. The summed E-state index contributed by atoms with van der Waals surface area (Å²) in [6, 6.07) is 20.8. The summed E-state index contributed by atoms with van der Waals surface area (Å²) in [7, 11) is -3.94. The Labute approximate surface area is 262 Å². The Morgan fingerprint density at radius 2 is 1.72 bits per heavy atom. The molecule has 222 valence electrons. The third-order valence-corrected chi connectivity index (χ3v) is 10.0. The van der Waals surface area contributed by atoms with Crippen molar-refractivity contribution in [2.45, 2.75) is 44.9 Å². The molecular formula is C33H32Cl2N4O3S. The van der Waals surface area contributed by atoms with Crippen LogP contribution in [0, 0.1) is 5.92 Å². The van der Waals surface area contributed by atoms with Crippen molar-refractivity contribution in [2.24, 2.45) is 5.92 Å². The molecule has 1 aliphatic carbocycles. The van der Waals surface area contributed by atoms with Crippen LogP contribution in [0.25, 0.3) is 23.0 Å². The molecule has 2 heterocycles. The second-order valence-corrected chi connectivity index (χ2v) is 13.6. The molecule has 1 amide bonds. The molecule has 0 unspecified atom stereocenters. The van der Waals surface area contributed by atoms with Crippen molar-refractivity contribution in [3.63, 3.8) is 0 Å². The molecule has 7 nitrogen and oxygen atoms in total. The van der Waals surface area contributed by atoms with Gasteiger partial charge in [-0.2, -0.15) is 8.42 Å². The predicted molar refractivity (Wildman–Crippen MR) is 173 cm³/mol. The lowest BCUT2D eigenvalue weighted by molar-refractivity contribution is -0.117. The van der Waals surface area contributed by atoms with Gasteiger partial charge in [0.2, 0.25) is 0 Å². The van der Waals surface area contributed by atoms with E-state index < -0.39 is 16.1 Å². The van der Waals surface area contributed by atoms with E-state index in [1.165, 1.54) is 37.7 Å². The number of halogens is 2. The highest BCUT2D eigenvalue weighted by Gasteiger charge is 2.34. The average Bonchev–Trinajstić information content (AvgIpc) is 3.53. The van der Waals surface area contributed by atoms with Crippen molar-refractivity contribution in [3.05, 3.63) is 106 Å². The number of imidazole rings is 1. The van der Waals surface area contributed by atoms with Gasteiger partial charge in [0.25, 0.3) is 5.91 Å². The van der Waals surface area contributed by atoms with Crippen LogP contribution in [0.4, 0.5) is 5.69 Å². The fourth-order valence-corrected chi connectivity index (χ4v) is 7.46.